The predicted octanol–water partition coefficient (Wildman–Crippen LogP) is -0.736. The van der Waals surface area contributed by atoms with Gasteiger partial charge in [-0.3, -0.25) is 10.2 Å². The highest BCUT2D eigenvalue weighted by atomic mass is 16.6. The van der Waals surface area contributed by atoms with E-state index in [9.17, 15) is 14.9 Å². The second-order valence-corrected chi connectivity index (χ2v) is 3.77. The van der Waals surface area contributed by atoms with Crippen molar-refractivity contribution >= 4 is 11.7 Å². The Hall–Kier alpha value is -3.08. The average Bonchev–Trinajstić information content (AvgIpc) is 2.95. The molecule has 11 heteroatoms. The Balaban J connectivity index is 1.94. The number of nitrogens with zero attached hydrogens (tertiary/aromatic N) is 5. The number of nitro groups is 1. The number of hydrogen-bond acceptors (Lipinski definition) is 8. The van der Waals surface area contributed by atoms with Gasteiger partial charge in [0.2, 0.25) is 5.75 Å². The molecule has 21 heavy (non-hydrogen) atoms. The number of aromatic nitrogens is 4. The van der Waals surface area contributed by atoms with Crippen molar-refractivity contribution in [2.45, 2.75) is 6.54 Å². The minimum Gasteiger partial charge on any atom is -0.484 e. The Kier molecular flexibility index (Phi) is 4.36. The van der Waals surface area contributed by atoms with E-state index >= 15 is 0 Å². The summed E-state index contributed by atoms with van der Waals surface area (Å²) in [6.07, 6.45) is 2.68. The van der Waals surface area contributed by atoms with Crippen LogP contribution in [0.4, 0.5) is 5.82 Å². The molecule has 0 aliphatic carbocycles. The fraction of sp³-hybridized carbons (Fsp3) is 0.200. The van der Waals surface area contributed by atoms with Crippen LogP contribution in [0, 0.1) is 10.1 Å². The first kappa shape index (κ1) is 14.3. The Bertz CT molecular complexity index is 656. The van der Waals surface area contributed by atoms with Crippen molar-refractivity contribution in [3.8, 4) is 5.75 Å². The van der Waals surface area contributed by atoms with Gasteiger partial charge in [-0.15, -0.1) is 5.10 Å². The molecule has 0 bridgehead atoms. The van der Waals surface area contributed by atoms with E-state index in [0.717, 1.165) is 0 Å². The summed E-state index contributed by atoms with van der Waals surface area (Å²) in [7, 11) is 0. The number of carbonyl (C=O) groups excluding carboxylic acids is 1. The minimum atomic E-state index is -0.630. The monoisotopic (exact) mass is 293 g/mol. The lowest BCUT2D eigenvalue weighted by atomic mass is 10.4. The van der Waals surface area contributed by atoms with Gasteiger partial charge in [-0.25, -0.2) is 10.5 Å². The Morgan fingerprint density at radius 3 is 3.10 bits per heavy atom. The first-order valence-electron chi connectivity index (χ1n) is 5.75. The van der Waals surface area contributed by atoms with Crippen molar-refractivity contribution in [3.05, 3.63) is 40.3 Å². The Morgan fingerprint density at radius 2 is 2.38 bits per heavy atom. The third kappa shape index (κ3) is 3.48. The second kappa shape index (κ2) is 6.38. The van der Waals surface area contributed by atoms with Crippen LogP contribution < -0.4 is 16.0 Å². The van der Waals surface area contributed by atoms with E-state index < -0.39 is 10.8 Å². The topological polar surface area (TPSA) is 151 Å². The van der Waals surface area contributed by atoms with E-state index in [1.807, 2.05) is 5.43 Å². The van der Waals surface area contributed by atoms with Crippen LogP contribution in [0.2, 0.25) is 0 Å². The van der Waals surface area contributed by atoms with Crippen molar-refractivity contribution < 1.29 is 14.5 Å². The molecule has 0 spiro atoms. The van der Waals surface area contributed by atoms with Gasteiger partial charge in [0.25, 0.3) is 5.91 Å². The third-order valence-corrected chi connectivity index (χ3v) is 2.40. The van der Waals surface area contributed by atoms with Gasteiger partial charge in [-0.1, -0.05) is 5.21 Å². The summed E-state index contributed by atoms with van der Waals surface area (Å²) in [5.74, 6) is 4.09. The highest BCUT2D eigenvalue weighted by molar-refractivity contribution is 5.91. The number of ether oxygens (including phenoxy) is 1. The van der Waals surface area contributed by atoms with Gasteiger partial charge in [-0.05, 0) is 22.0 Å². The largest absolute Gasteiger partial charge is 0.484 e. The molecule has 2 heterocycles. The molecule has 2 aromatic rings. The molecule has 0 unspecified atom stereocenters. The molecule has 0 radical (unpaired) electrons. The number of nitrogen functional groups attached to an aromatic ring is 1. The summed E-state index contributed by atoms with van der Waals surface area (Å²) >= 11 is 0. The summed E-state index contributed by atoms with van der Waals surface area (Å²) in [6, 6.07) is 2.97. The van der Waals surface area contributed by atoms with Gasteiger partial charge in [0, 0.05) is 0 Å². The molecule has 110 valence electrons. The number of pyridine rings is 1. The van der Waals surface area contributed by atoms with Crippen molar-refractivity contribution in [2.24, 2.45) is 5.84 Å². The lowest BCUT2D eigenvalue weighted by Crippen LogP contribution is -2.30. The molecule has 0 aliphatic rings. The normalized spacial score (nSPS) is 10.1. The van der Waals surface area contributed by atoms with Gasteiger partial charge in [-0.2, -0.15) is 0 Å². The highest BCUT2D eigenvalue weighted by Gasteiger charge is 2.15. The molecule has 0 aliphatic heterocycles. The Morgan fingerprint density at radius 1 is 1.57 bits per heavy atom. The fourth-order valence-corrected chi connectivity index (χ4v) is 1.47. The summed E-state index contributed by atoms with van der Waals surface area (Å²) in [6.45, 7) is 0.344. The summed E-state index contributed by atoms with van der Waals surface area (Å²) in [4.78, 5) is 24.9. The van der Waals surface area contributed by atoms with E-state index in [0.29, 0.717) is 0 Å². The molecule has 0 aromatic carbocycles. The van der Waals surface area contributed by atoms with Crippen molar-refractivity contribution in [3.63, 3.8) is 0 Å². The number of amides is 1. The number of hydrogen-bond donors (Lipinski definition) is 2. The smallest absolute Gasteiger partial charge is 0.406 e. The van der Waals surface area contributed by atoms with Crippen molar-refractivity contribution in [1.29, 1.82) is 0 Å². The summed E-state index contributed by atoms with van der Waals surface area (Å²) in [5.41, 5.74) is 1.99. The van der Waals surface area contributed by atoms with E-state index in [-0.39, 0.29) is 30.4 Å². The maximum Gasteiger partial charge on any atom is 0.406 e. The number of rotatable bonds is 6. The van der Waals surface area contributed by atoms with Crippen molar-refractivity contribution in [2.75, 3.05) is 6.61 Å². The molecule has 2 aromatic heterocycles. The minimum absolute atomic E-state index is 0.0579. The molecule has 0 saturated carbocycles. The van der Waals surface area contributed by atoms with Crippen molar-refractivity contribution in [1.82, 2.24) is 25.4 Å². The molecule has 11 nitrogen and oxygen atoms in total. The molecule has 1 amide bonds. The van der Waals surface area contributed by atoms with Crippen LogP contribution in [-0.2, 0) is 6.54 Å². The van der Waals surface area contributed by atoms with Gasteiger partial charge >= 0.3 is 5.82 Å². The molecule has 0 saturated heterocycles. The van der Waals surface area contributed by atoms with Crippen LogP contribution in [0.3, 0.4) is 0 Å². The quantitative estimate of drug-likeness (QED) is 0.306. The van der Waals surface area contributed by atoms with Crippen LogP contribution in [0.15, 0.2) is 24.5 Å². The second-order valence-electron chi connectivity index (χ2n) is 3.77. The number of nitrogens with two attached hydrogens (primary N) is 1. The molecular weight excluding hydrogens is 282 g/mol. The molecule has 0 fully saturated rings. The van der Waals surface area contributed by atoms with E-state index in [2.05, 4.69) is 15.3 Å². The first-order valence-corrected chi connectivity index (χ1v) is 5.75. The maximum atomic E-state index is 11.2. The molecular formula is C10H11N7O4. The molecule has 3 N–H and O–H groups in total. The van der Waals surface area contributed by atoms with Gasteiger partial charge in [0.05, 0.1) is 12.7 Å². The SMILES string of the molecule is NNC(=O)c1cn(CCOc2cccnc2[N+](=O)[O-])nn1. The van der Waals surface area contributed by atoms with Gasteiger partial charge in [0.1, 0.15) is 12.8 Å². The van der Waals surface area contributed by atoms with E-state index in [1.54, 1.807) is 0 Å². The Labute approximate surface area is 117 Å². The third-order valence-electron chi connectivity index (χ3n) is 2.40. The lowest BCUT2D eigenvalue weighted by molar-refractivity contribution is -0.390. The van der Waals surface area contributed by atoms with E-state index in [4.69, 9.17) is 10.6 Å². The lowest BCUT2D eigenvalue weighted by Gasteiger charge is -2.05. The molecule has 0 atom stereocenters. The van der Waals surface area contributed by atoms with E-state index in [1.165, 1.54) is 29.2 Å². The fourth-order valence-electron chi connectivity index (χ4n) is 1.47. The first-order chi connectivity index (χ1) is 10.1. The zero-order valence-electron chi connectivity index (χ0n) is 10.7. The predicted molar refractivity (Wildman–Crippen MR) is 68.1 cm³/mol. The number of hydrazine groups is 1. The van der Waals surface area contributed by atoms with Gasteiger partial charge < -0.3 is 14.9 Å². The van der Waals surface area contributed by atoms with Gasteiger partial charge in [0.15, 0.2) is 5.69 Å². The highest BCUT2D eigenvalue weighted by Crippen LogP contribution is 2.22. The zero-order valence-corrected chi connectivity index (χ0v) is 10.7. The number of carbonyl (C=O) groups is 1. The summed E-state index contributed by atoms with van der Waals surface area (Å²) < 4.78 is 6.63. The average molecular weight is 293 g/mol. The van der Waals surface area contributed by atoms with Crippen LogP contribution in [0.5, 0.6) is 5.75 Å². The zero-order chi connectivity index (χ0) is 15.2. The number of nitrogens with one attached hydrogen (secondary N) is 1. The van der Waals surface area contributed by atoms with Crippen LogP contribution in [0.1, 0.15) is 10.5 Å². The standard InChI is InChI=1S/C10H11N7O4/c11-13-10(18)7-6-16(15-14-7)4-5-21-8-2-1-3-12-9(8)17(19)20/h1-3,6H,4-5,11H2,(H,13,18). The summed E-state index contributed by atoms with van der Waals surface area (Å²) in [5, 5.41) is 18.0. The maximum absolute atomic E-state index is 11.2. The van der Waals surface area contributed by atoms with Crippen LogP contribution >= 0.6 is 0 Å². The molecule has 2 rings (SSSR count). The van der Waals surface area contributed by atoms with Crippen LogP contribution in [0.25, 0.3) is 0 Å². The van der Waals surface area contributed by atoms with Crippen LogP contribution in [-0.4, -0.2) is 37.4 Å².